The van der Waals surface area contributed by atoms with Crippen molar-refractivity contribution < 1.29 is 14.3 Å². The van der Waals surface area contributed by atoms with Gasteiger partial charge >= 0.3 is 0 Å². The molecule has 0 aromatic carbocycles. The molecule has 4 atom stereocenters. The minimum Gasteiger partial charge on any atom is -0.360 e. The van der Waals surface area contributed by atoms with E-state index in [-0.39, 0.29) is 17.9 Å². The fourth-order valence-corrected chi connectivity index (χ4v) is 4.89. The summed E-state index contributed by atoms with van der Waals surface area (Å²) in [5.74, 6) is -0.749. The maximum Gasteiger partial charge on any atom is 0.230 e. The molecule has 0 radical (unpaired) electrons. The van der Waals surface area contributed by atoms with Gasteiger partial charge in [0.2, 0.25) is 11.8 Å². The molecule has 4 aliphatic rings. The Kier molecular flexibility index (Phi) is 3.72. The van der Waals surface area contributed by atoms with Gasteiger partial charge in [-0.2, -0.15) is 0 Å². The monoisotopic (exact) mass is 365 g/mol. The van der Waals surface area contributed by atoms with Gasteiger partial charge in [-0.05, 0) is 25.0 Å². The minimum atomic E-state index is -0.647. The number of hydrogen-bond donors (Lipinski definition) is 0. The van der Waals surface area contributed by atoms with E-state index < -0.39 is 17.4 Å². The largest absolute Gasteiger partial charge is 0.360 e. The number of aromatic nitrogens is 1. The average Bonchev–Trinajstić information content (AvgIpc) is 3.31. The highest BCUT2D eigenvalue weighted by atomic mass is 16.5. The zero-order valence-corrected chi connectivity index (χ0v) is 15.4. The van der Waals surface area contributed by atoms with Gasteiger partial charge in [0.15, 0.2) is 0 Å². The lowest BCUT2D eigenvalue weighted by Crippen LogP contribution is -2.47. The Balaban J connectivity index is 1.39. The molecule has 1 aromatic heterocycles. The normalized spacial score (nSPS) is 34.2. The van der Waals surface area contributed by atoms with Crippen molar-refractivity contribution in [1.29, 1.82) is 0 Å². The number of likely N-dealkylation sites (tertiary alicyclic amines) is 1. The summed E-state index contributed by atoms with van der Waals surface area (Å²) < 4.78 is 6.22. The van der Waals surface area contributed by atoms with Crippen LogP contribution in [-0.4, -0.2) is 57.9 Å². The van der Waals surface area contributed by atoms with Crippen LogP contribution in [0.1, 0.15) is 18.9 Å². The highest BCUT2D eigenvalue weighted by Crippen LogP contribution is 2.52. The number of carbonyl (C=O) groups is 2. The van der Waals surface area contributed by atoms with Crippen LogP contribution in [0.3, 0.4) is 0 Å². The maximum absolute atomic E-state index is 13.2. The molecule has 140 valence electrons. The van der Waals surface area contributed by atoms with Crippen molar-refractivity contribution in [3.63, 3.8) is 0 Å². The third kappa shape index (κ3) is 2.54. The smallest absolute Gasteiger partial charge is 0.230 e. The van der Waals surface area contributed by atoms with E-state index in [1.807, 2.05) is 34.1 Å². The van der Waals surface area contributed by atoms with Gasteiger partial charge in [0, 0.05) is 32.0 Å². The molecule has 1 aromatic rings. The summed E-state index contributed by atoms with van der Waals surface area (Å²) in [7, 11) is 0. The zero-order chi connectivity index (χ0) is 18.6. The van der Waals surface area contributed by atoms with Crippen LogP contribution in [0.25, 0.3) is 0 Å². The molecule has 2 bridgehead atoms. The number of amides is 2. The number of rotatable bonds is 3. The van der Waals surface area contributed by atoms with Gasteiger partial charge in [-0.1, -0.05) is 29.9 Å². The first-order valence-corrected chi connectivity index (χ1v) is 9.57. The summed E-state index contributed by atoms with van der Waals surface area (Å²) >= 11 is 0. The van der Waals surface area contributed by atoms with E-state index in [2.05, 4.69) is 18.0 Å². The number of hydrogen-bond acceptors (Lipinski definition) is 4. The molecule has 0 unspecified atom stereocenters. The lowest BCUT2D eigenvalue weighted by Gasteiger charge is -2.31. The summed E-state index contributed by atoms with van der Waals surface area (Å²) in [6, 6.07) is 3.83. The molecule has 1 spiro atoms. The van der Waals surface area contributed by atoms with Crippen LogP contribution in [-0.2, 0) is 20.9 Å². The van der Waals surface area contributed by atoms with Crippen LogP contribution >= 0.6 is 0 Å². The van der Waals surface area contributed by atoms with Crippen LogP contribution in [0.5, 0.6) is 0 Å². The molecule has 2 saturated heterocycles. The quantitative estimate of drug-likeness (QED) is 0.763. The van der Waals surface area contributed by atoms with Gasteiger partial charge in [-0.15, -0.1) is 0 Å². The molecule has 6 heteroatoms. The first kappa shape index (κ1) is 16.7. The van der Waals surface area contributed by atoms with Crippen molar-refractivity contribution in [2.24, 2.45) is 11.8 Å². The fourth-order valence-electron chi connectivity index (χ4n) is 4.89. The number of pyridine rings is 1. The topological polar surface area (TPSA) is 62.7 Å². The first-order valence-electron chi connectivity index (χ1n) is 9.57. The van der Waals surface area contributed by atoms with Crippen LogP contribution in [0.15, 0.2) is 48.3 Å². The number of fused-ring (bicyclic) bond motifs is 1. The zero-order valence-electron chi connectivity index (χ0n) is 15.4. The third-order valence-electron chi connectivity index (χ3n) is 6.31. The van der Waals surface area contributed by atoms with Crippen LogP contribution in [0.2, 0.25) is 0 Å². The average molecular weight is 365 g/mol. The van der Waals surface area contributed by atoms with Gasteiger partial charge in [0.05, 0.1) is 24.5 Å². The summed E-state index contributed by atoms with van der Waals surface area (Å²) in [5.41, 5.74) is 1.66. The highest BCUT2D eigenvalue weighted by Gasteiger charge is 2.67. The maximum atomic E-state index is 13.2. The first-order chi connectivity index (χ1) is 13.1. The Morgan fingerprint density at radius 2 is 2.33 bits per heavy atom. The third-order valence-corrected chi connectivity index (χ3v) is 6.31. The molecule has 5 rings (SSSR count). The SMILES string of the molecule is CC1=CCN(C(=O)[C@@H]2[C@@H]3C=C[C@@]4(CN(Cc5cccnc5)C(=O)[C@@H]24)O3)CC1. The van der Waals surface area contributed by atoms with Crippen LogP contribution < -0.4 is 0 Å². The molecular weight excluding hydrogens is 342 g/mol. The summed E-state index contributed by atoms with van der Waals surface area (Å²) in [6.45, 7) is 4.45. The van der Waals surface area contributed by atoms with E-state index in [9.17, 15) is 9.59 Å². The van der Waals surface area contributed by atoms with Crippen molar-refractivity contribution >= 4 is 11.8 Å². The molecule has 4 aliphatic heterocycles. The van der Waals surface area contributed by atoms with Crippen LogP contribution in [0.4, 0.5) is 0 Å². The Labute approximate surface area is 158 Å². The lowest BCUT2D eigenvalue weighted by molar-refractivity contribution is -0.143. The van der Waals surface area contributed by atoms with Gasteiger partial charge in [-0.3, -0.25) is 14.6 Å². The molecular formula is C21H23N3O3. The fraction of sp³-hybridized carbons (Fsp3) is 0.476. The van der Waals surface area contributed by atoms with Gasteiger partial charge < -0.3 is 14.5 Å². The van der Waals surface area contributed by atoms with E-state index in [0.717, 1.165) is 18.5 Å². The van der Waals surface area contributed by atoms with Crippen molar-refractivity contribution in [2.45, 2.75) is 31.6 Å². The van der Waals surface area contributed by atoms with E-state index in [4.69, 9.17) is 4.74 Å². The van der Waals surface area contributed by atoms with Crippen LogP contribution in [0, 0.1) is 11.8 Å². The van der Waals surface area contributed by atoms with E-state index >= 15 is 0 Å². The standard InChI is InChI=1S/C21H23N3O3/c1-14-5-9-23(10-6-14)19(25)17-16-4-7-21(27-16)13-24(20(26)18(17)21)12-15-3-2-8-22-11-15/h2-5,7-8,11,16-18H,6,9-10,12-13H2,1H3/t16-,17+,18+,21-/m0/s1. The Bertz CT molecular complexity index is 849. The number of ether oxygens (including phenoxy) is 1. The Morgan fingerprint density at radius 1 is 1.44 bits per heavy atom. The molecule has 2 fully saturated rings. The summed E-state index contributed by atoms with van der Waals surface area (Å²) in [6.07, 6.45) is 10.2. The predicted octanol–water partition coefficient (Wildman–Crippen LogP) is 1.54. The summed E-state index contributed by atoms with van der Waals surface area (Å²) in [4.78, 5) is 34.3. The lowest BCUT2D eigenvalue weighted by atomic mass is 9.76. The van der Waals surface area contributed by atoms with E-state index in [1.165, 1.54) is 5.57 Å². The van der Waals surface area contributed by atoms with E-state index in [0.29, 0.717) is 19.6 Å². The van der Waals surface area contributed by atoms with Crippen molar-refractivity contribution in [1.82, 2.24) is 14.8 Å². The molecule has 0 N–H and O–H groups in total. The second-order valence-corrected chi connectivity index (χ2v) is 8.04. The number of nitrogens with zero attached hydrogens (tertiary/aromatic N) is 3. The Hall–Kier alpha value is -2.47. The molecule has 0 aliphatic carbocycles. The minimum absolute atomic E-state index is 0.0211. The molecule has 27 heavy (non-hydrogen) atoms. The highest BCUT2D eigenvalue weighted by molar-refractivity contribution is 5.93. The van der Waals surface area contributed by atoms with Crippen molar-refractivity contribution in [3.8, 4) is 0 Å². The molecule has 0 saturated carbocycles. The van der Waals surface area contributed by atoms with Gasteiger partial charge in [0.1, 0.15) is 5.60 Å². The molecule has 2 amide bonds. The Morgan fingerprint density at radius 3 is 3.07 bits per heavy atom. The summed E-state index contributed by atoms with van der Waals surface area (Å²) in [5, 5.41) is 0. The molecule has 5 heterocycles. The van der Waals surface area contributed by atoms with Crippen molar-refractivity contribution in [3.05, 3.63) is 53.9 Å². The second kappa shape index (κ2) is 6.02. The predicted molar refractivity (Wildman–Crippen MR) is 98.3 cm³/mol. The second-order valence-electron chi connectivity index (χ2n) is 8.04. The van der Waals surface area contributed by atoms with E-state index in [1.54, 1.807) is 12.4 Å². The number of carbonyl (C=O) groups excluding carboxylic acids is 2. The van der Waals surface area contributed by atoms with Crippen molar-refractivity contribution in [2.75, 3.05) is 19.6 Å². The molecule has 6 nitrogen and oxygen atoms in total. The van der Waals surface area contributed by atoms with Gasteiger partial charge in [-0.25, -0.2) is 0 Å². The van der Waals surface area contributed by atoms with Gasteiger partial charge in [0.25, 0.3) is 0 Å².